The van der Waals surface area contributed by atoms with Crippen molar-refractivity contribution in [1.29, 1.82) is 0 Å². The largest absolute Gasteiger partial charge is 0.392 e. The third kappa shape index (κ3) is 3.25. The standard InChI is InChI=1S/C14H16ClNOS/c1-16(7-6-13-3-2-8-18-13)12-5-4-11(10-17)14(15)9-12/h2-5,8-9,17H,6-7,10H2,1H3. The lowest BCUT2D eigenvalue weighted by Gasteiger charge is -2.19. The van der Waals surface area contributed by atoms with Crippen molar-refractivity contribution < 1.29 is 5.11 Å². The van der Waals surface area contributed by atoms with Gasteiger partial charge in [0.1, 0.15) is 0 Å². The molecule has 0 atom stereocenters. The van der Waals surface area contributed by atoms with Crippen molar-refractivity contribution in [3.8, 4) is 0 Å². The first-order valence-corrected chi connectivity index (χ1v) is 7.09. The summed E-state index contributed by atoms with van der Waals surface area (Å²) >= 11 is 7.87. The Hall–Kier alpha value is -1.03. The molecular weight excluding hydrogens is 266 g/mol. The Morgan fingerprint density at radius 2 is 2.17 bits per heavy atom. The van der Waals surface area contributed by atoms with Crippen molar-refractivity contribution in [2.24, 2.45) is 0 Å². The van der Waals surface area contributed by atoms with E-state index in [1.165, 1.54) is 4.88 Å². The van der Waals surface area contributed by atoms with Gasteiger partial charge in [-0.15, -0.1) is 11.3 Å². The van der Waals surface area contributed by atoms with E-state index in [9.17, 15) is 0 Å². The first-order chi connectivity index (χ1) is 8.70. The molecule has 1 aromatic carbocycles. The van der Waals surface area contributed by atoms with Crippen LogP contribution >= 0.6 is 22.9 Å². The molecule has 96 valence electrons. The van der Waals surface area contributed by atoms with Crippen LogP contribution in [0.4, 0.5) is 5.69 Å². The molecule has 1 aromatic heterocycles. The predicted molar refractivity (Wildman–Crippen MR) is 78.7 cm³/mol. The van der Waals surface area contributed by atoms with Gasteiger partial charge in [0.2, 0.25) is 0 Å². The zero-order chi connectivity index (χ0) is 13.0. The molecule has 2 aromatic rings. The van der Waals surface area contributed by atoms with Gasteiger partial charge < -0.3 is 10.0 Å². The van der Waals surface area contributed by atoms with Crippen molar-refractivity contribution >= 4 is 28.6 Å². The number of thiophene rings is 1. The zero-order valence-corrected chi connectivity index (χ0v) is 11.8. The van der Waals surface area contributed by atoms with E-state index in [0.29, 0.717) is 5.02 Å². The van der Waals surface area contributed by atoms with Crippen LogP contribution in [0, 0.1) is 0 Å². The number of nitrogens with zero attached hydrogens (tertiary/aromatic N) is 1. The van der Waals surface area contributed by atoms with Crippen LogP contribution < -0.4 is 4.90 Å². The van der Waals surface area contributed by atoms with E-state index in [2.05, 4.69) is 29.5 Å². The number of likely N-dealkylation sites (N-methyl/N-ethyl adjacent to an activating group) is 1. The summed E-state index contributed by atoms with van der Waals surface area (Å²) in [5.74, 6) is 0. The topological polar surface area (TPSA) is 23.5 Å². The summed E-state index contributed by atoms with van der Waals surface area (Å²) in [4.78, 5) is 3.56. The highest BCUT2D eigenvalue weighted by molar-refractivity contribution is 7.09. The predicted octanol–water partition coefficient (Wildman–Crippen LogP) is 3.57. The smallest absolute Gasteiger partial charge is 0.0696 e. The van der Waals surface area contributed by atoms with Crippen LogP contribution in [-0.2, 0) is 13.0 Å². The average molecular weight is 282 g/mol. The van der Waals surface area contributed by atoms with E-state index in [0.717, 1.165) is 24.2 Å². The van der Waals surface area contributed by atoms with Gasteiger partial charge in [-0.2, -0.15) is 0 Å². The fraction of sp³-hybridized carbons (Fsp3) is 0.286. The number of hydrogen-bond acceptors (Lipinski definition) is 3. The molecule has 0 unspecified atom stereocenters. The molecule has 0 aliphatic rings. The van der Waals surface area contributed by atoms with Gasteiger partial charge in [-0.05, 0) is 35.6 Å². The van der Waals surface area contributed by atoms with Crippen LogP contribution in [-0.4, -0.2) is 18.7 Å². The Balaban J connectivity index is 2.00. The molecule has 4 heteroatoms. The average Bonchev–Trinajstić information content (AvgIpc) is 2.89. The minimum atomic E-state index is -0.0159. The highest BCUT2D eigenvalue weighted by Crippen LogP contribution is 2.23. The molecule has 0 spiro atoms. The van der Waals surface area contributed by atoms with Crippen molar-refractivity contribution in [1.82, 2.24) is 0 Å². The highest BCUT2D eigenvalue weighted by atomic mass is 35.5. The Morgan fingerprint density at radius 3 is 2.78 bits per heavy atom. The van der Waals surface area contributed by atoms with Crippen molar-refractivity contribution in [2.45, 2.75) is 13.0 Å². The second-order valence-electron chi connectivity index (χ2n) is 4.18. The van der Waals surface area contributed by atoms with Gasteiger partial charge in [0.05, 0.1) is 6.61 Å². The molecule has 0 bridgehead atoms. The van der Waals surface area contributed by atoms with Crippen LogP contribution in [0.3, 0.4) is 0 Å². The minimum Gasteiger partial charge on any atom is -0.392 e. The Labute approximate surface area is 116 Å². The third-order valence-corrected chi connectivity index (χ3v) is 4.21. The lowest BCUT2D eigenvalue weighted by Crippen LogP contribution is -2.19. The number of hydrogen-bond donors (Lipinski definition) is 1. The van der Waals surface area contributed by atoms with E-state index in [4.69, 9.17) is 16.7 Å². The lowest BCUT2D eigenvalue weighted by molar-refractivity contribution is 0.282. The summed E-state index contributed by atoms with van der Waals surface area (Å²) in [6.45, 7) is 0.938. The van der Waals surface area contributed by atoms with Crippen molar-refractivity contribution in [3.05, 3.63) is 51.2 Å². The number of anilines is 1. The Bertz CT molecular complexity index is 499. The summed E-state index contributed by atoms with van der Waals surface area (Å²) < 4.78 is 0. The summed E-state index contributed by atoms with van der Waals surface area (Å²) in [7, 11) is 2.05. The Kier molecular flexibility index (Phi) is 4.64. The second-order valence-corrected chi connectivity index (χ2v) is 5.62. The molecule has 0 amide bonds. The van der Waals surface area contributed by atoms with E-state index in [-0.39, 0.29) is 6.61 Å². The molecule has 0 radical (unpaired) electrons. The van der Waals surface area contributed by atoms with Crippen molar-refractivity contribution in [3.63, 3.8) is 0 Å². The van der Waals surface area contributed by atoms with E-state index >= 15 is 0 Å². The summed E-state index contributed by atoms with van der Waals surface area (Å²) in [6.07, 6.45) is 1.04. The monoisotopic (exact) mass is 281 g/mol. The van der Waals surface area contributed by atoms with Gasteiger partial charge in [-0.25, -0.2) is 0 Å². The molecular formula is C14H16ClNOS. The SMILES string of the molecule is CN(CCc1cccs1)c1ccc(CO)c(Cl)c1. The van der Waals surface area contributed by atoms with Gasteiger partial charge in [0.25, 0.3) is 0 Å². The number of rotatable bonds is 5. The normalized spacial score (nSPS) is 10.6. The van der Waals surface area contributed by atoms with Gasteiger partial charge in [-0.1, -0.05) is 23.7 Å². The molecule has 18 heavy (non-hydrogen) atoms. The fourth-order valence-electron chi connectivity index (χ4n) is 1.76. The first-order valence-electron chi connectivity index (χ1n) is 5.83. The third-order valence-electron chi connectivity index (χ3n) is 2.92. The first kappa shape index (κ1) is 13.4. The van der Waals surface area contributed by atoms with Crippen LogP contribution in [0.5, 0.6) is 0 Å². The maximum atomic E-state index is 9.08. The molecule has 2 nitrogen and oxygen atoms in total. The van der Waals surface area contributed by atoms with Gasteiger partial charge in [0, 0.05) is 29.2 Å². The lowest BCUT2D eigenvalue weighted by atomic mass is 10.2. The van der Waals surface area contributed by atoms with Gasteiger partial charge in [-0.3, -0.25) is 0 Å². The van der Waals surface area contributed by atoms with E-state index < -0.39 is 0 Å². The summed E-state index contributed by atoms with van der Waals surface area (Å²) in [6, 6.07) is 10.00. The number of aliphatic hydroxyl groups excluding tert-OH is 1. The van der Waals surface area contributed by atoms with Crippen molar-refractivity contribution in [2.75, 3.05) is 18.5 Å². The molecule has 0 saturated carbocycles. The van der Waals surface area contributed by atoms with Gasteiger partial charge >= 0.3 is 0 Å². The zero-order valence-electron chi connectivity index (χ0n) is 10.3. The fourth-order valence-corrected chi connectivity index (χ4v) is 2.70. The Morgan fingerprint density at radius 1 is 1.33 bits per heavy atom. The molecule has 0 saturated heterocycles. The van der Waals surface area contributed by atoms with Crippen LogP contribution in [0.1, 0.15) is 10.4 Å². The van der Waals surface area contributed by atoms with Crippen LogP contribution in [0.15, 0.2) is 35.7 Å². The maximum absolute atomic E-state index is 9.08. The summed E-state index contributed by atoms with van der Waals surface area (Å²) in [5.41, 5.74) is 1.85. The maximum Gasteiger partial charge on any atom is 0.0696 e. The molecule has 1 N–H and O–H groups in total. The number of benzene rings is 1. The molecule has 0 fully saturated rings. The highest BCUT2D eigenvalue weighted by Gasteiger charge is 2.05. The summed E-state index contributed by atoms with van der Waals surface area (Å²) in [5, 5.41) is 11.8. The van der Waals surface area contributed by atoms with Crippen LogP contribution in [0.25, 0.3) is 0 Å². The molecule has 0 aliphatic carbocycles. The number of halogens is 1. The molecule has 2 rings (SSSR count). The quantitative estimate of drug-likeness (QED) is 0.906. The number of aliphatic hydroxyl groups is 1. The van der Waals surface area contributed by atoms with Crippen LogP contribution in [0.2, 0.25) is 5.02 Å². The van der Waals surface area contributed by atoms with Gasteiger partial charge in [0.15, 0.2) is 0 Å². The van der Waals surface area contributed by atoms with E-state index in [1.54, 1.807) is 11.3 Å². The minimum absolute atomic E-state index is 0.0159. The molecule has 1 heterocycles. The molecule has 0 aliphatic heterocycles. The van der Waals surface area contributed by atoms with E-state index in [1.807, 2.05) is 18.2 Å². The second kappa shape index (κ2) is 6.23.